The first-order valence-electron chi connectivity index (χ1n) is 8.71. The summed E-state index contributed by atoms with van der Waals surface area (Å²) in [5.74, 6) is -2.10. The highest BCUT2D eigenvalue weighted by molar-refractivity contribution is 7.86. The molecule has 150 valence electrons. The van der Waals surface area contributed by atoms with Gasteiger partial charge in [-0.2, -0.15) is 21.6 Å². The normalized spacial score (nSPS) is 41.8. The van der Waals surface area contributed by atoms with Crippen molar-refractivity contribution >= 4 is 15.9 Å². The van der Waals surface area contributed by atoms with Crippen LogP contribution in [0.25, 0.3) is 0 Å². The van der Waals surface area contributed by atoms with Gasteiger partial charge in [0, 0.05) is 18.4 Å². The molecule has 2 aliphatic carbocycles. The van der Waals surface area contributed by atoms with Crippen molar-refractivity contribution in [2.45, 2.75) is 58.0 Å². The van der Waals surface area contributed by atoms with E-state index in [9.17, 15) is 31.5 Å². The molecule has 3 rings (SSSR count). The molecule has 1 aliphatic heterocycles. The predicted molar refractivity (Wildman–Crippen MR) is 85.4 cm³/mol. The first-order valence-corrected chi connectivity index (χ1v) is 10.3. The third-order valence-electron chi connectivity index (χ3n) is 6.90. The summed E-state index contributed by atoms with van der Waals surface area (Å²) in [4.78, 5) is 12.2. The van der Waals surface area contributed by atoms with Crippen molar-refractivity contribution < 1.29 is 35.7 Å². The lowest BCUT2D eigenvalue weighted by Crippen LogP contribution is -2.43. The van der Waals surface area contributed by atoms with Gasteiger partial charge in [-0.3, -0.25) is 4.79 Å². The van der Waals surface area contributed by atoms with E-state index < -0.39 is 57.5 Å². The number of ketones is 1. The van der Waals surface area contributed by atoms with Gasteiger partial charge in [0.2, 0.25) is 0 Å². The zero-order valence-electron chi connectivity index (χ0n) is 14.7. The molecule has 0 aromatic rings. The molecule has 10 heteroatoms. The minimum Gasteiger partial charge on any atom is -0.366 e. The van der Waals surface area contributed by atoms with E-state index in [1.807, 2.05) is 0 Å². The molecule has 26 heavy (non-hydrogen) atoms. The Kier molecular flexibility index (Phi) is 4.74. The number of aliphatic hydroxyl groups is 1. The van der Waals surface area contributed by atoms with Crippen LogP contribution < -0.4 is 5.32 Å². The van der Waals surface area contributed by atoms with E-state index in [-0.39, 0.29) is 18.2 Å². The third kappa shape index (κ3) is 3.18. The third-order valence-corrected chi connectivity index (χ3v) is 8.34. The Balaban J connectivity index is 1.66. The number of halogens is 3. The standard InChI is InChI=1S/C16H24F3NO5S/c1-14-4-3-9(6-12(14)21)15(14,2)8-26(23,24)25-13(22)11-5-10(7-20-11)16(17,18)19/h9-11,13,20,22H,3-8H2,1-2H3/t9-,10-,11-,13-,14+,15-/m1/s1. The number of hydrogen-bond acceptors (Lipinski definition) is 6. The number of Topliss-reactive ketones (excluding diaryl/α,β-unsaturated/α-hetero) is 1. The maximum absolute atomic E-state index is 12.7. The number of rotatable bonds is 5. The highest BCUT2D eigenvalue weighted by Crippen LogP contribution is 2.64. The van der Waals surface area contributed by atoms with Crippen LogP contribution in [0.1, 0.15) is 39.5 Å². The molecule has 1 heterocycles. The molecule has 2 bridgehead atoms. The minimum absolute atomic E-state index is 0.0393. The average Bonchev–Trinajstić information content (AvgIpc) is 3.10. The highest BCUT2D eigenvalue weighted by Gasteiger charge is 2.65. The fraction of sp³-hybridized carbons (Fsp3) is 0.938. The number of fused-ring (bicyclic) bond motifs is 2. The SMILES string of the molecule is C[C@]12CC[C@H](CC1=O)[C@@]2(C)CS(=O)(=O)O[C@@H](O)[C@H]1C[C@@H](C(F)(F)F)CN1. The zero-order valence-corrected chi connectivity index (χ0v) is 15.5. The van der Waals surface area contributed by atoms with E-state index >= 15 is 0 Å². The molecule has 3 fully saturated rings. The lowest BCUT2D eigenvalue weighted by molar-refractivity contribution is -0.170. The molecule has 3 aliphatic rings. The first kappa shape index (κ1) is 20.0. The van der Waals surface area contributed by atoms with Crippen molar-refractivity contribution in [2.24, 2.45) is 22.7 Å². The van der Waals surface area contributed by atoms with Gasteiger partial charge in [0.25, 0.3) is 10.1 Å². The number of carbonyl (C=O) groups is 1. The Morgan fingerprint density at radius 1 is 1.38 bits per heavy atom. The van der Waals surface area contributed by atoms with Gasteiger partial charge in [0.15, 0.2) is 6.29 Å². The summed E-state index contributed by atoms with van der Waals surface area (Å²) in [7, 11) is -4.22. The summed E-state index contributed by atoms with van der Waals surface area (Å²) in [5, 5.41) is 12.5. The second kappa shape index (κ2) is 6.15. The summed E-state index contributed by atoms with van der Waals surface area (Å²) >= 11 is 0. The predicted octanol–water partition coefficient (Wildman–Crippen LogP) is 1.59. The van der Waals surface area contributed by atoms with E-state index in [0.29, 0.717) is 12.8 Å². The summed E-state index contributed by atoms with van der Waals surface area (Å²) in [5.41, 5.74) is -1.54. The van der Waals surface area contributed by atoms with Crippen molar-refractivity contribution in [1.82, 2.24) is 5.32 Å². The highest BCUT2D eigenvalue weighted by atomic mass is 32.2. The molecule has 6 atom stereocenters. The zero-order chi connectivity index (χ0) is 19.5. The Hall–Kier alpha value is -0.710. The molecule has 0 radical (unpaired) electrons. The van der Waals surface area contributed by atoms with Gasteiger partial charge in [-0.05, 0) is 30.6 Å². The molecule has 0 aromatic carbocycles. The van der Waals surface area contributed by atoms with E-state index in [0.717, 1.165) is 6.42 Å². The Morgan fingerprint density at radius 2 is 2.04 bits per heavy atom. The summed E-state index contributed by atoms with van der Waals surface area (Å²) in [6.07, 6.45) is -5.04. The van der Waals surface area contributed by atoms with Crippen LogP contribution >= 0.6 is 0 Å². The summed E-state index contributed by atoms with van der Waals surface area (Å²) in [6, 6.07) is -1.11. The van der Waals surface area contributed by atoms with Crippen LogP contribution in [0, 0.1) is 22.7 Å². The lowest BCUT2D eigenvalue weighted by atomic mass is 9.70. The van der Waals surface area contributed by atoms with Crippen LogP contribution in [0.3, 0.4) is 0 Å². The number of alkyl halides is 3. The Bertz CT molecular complexity index is 696. The molecule has 0 amide bonds. The van der Waals surface area contributed by atoms with Crippen molar-refractivity contribution in [3.05, 3.63) is 0 Å². The van der Waals surface area contributed by atoms with E-state index in [4.69, 9.17) is 4.18 Å². The van der Waals surface area contributed by atoms with Gasteiger partial charge in [0.05, 0.1) is 17.7 Å². The Labute approximate surface area is 150 Å². The molecule has 2 saturated carbocycles. The smallest absolute Gasteiger partial charge is 0.366 e. The van der Waals surface area contributed by atoms with Gasteiger partial charge in [-0.25, -0.2) is 4.18 Å². The largest absolute Gasteiger partial charge is 0.393 e. The topological polar surface area (TPSA) is 92.7 Å². The fourth-order valence-corrected chi connectivity index (χ4v) is 6.67. The second-order valence-electron chi connectivity index (χ2n) is 8.29. The van der Waals surface area contributed by atoms with Crippen molar-refractivity contribution in [3.8, 4) is 0 Å². The summed E-state index contributed by atoms with van der Waals surface area (Å²) < 4.78 is 67.9. The minimum atomic E-state index is -4.41. The number of hydrogen-bond donors (Lipinski definition) is 2. The molecule has 0 aromatic heterocycles. The van der Waals surface area contributed by atoms with Crippen molar-refractivity contribution in [3.63, 3.8) is 0 Å². The number of nitrogens with one attached hydrogen (secondary N) is 1. The first-order chi connectivity index (χ1) is 11.8. The van der Waals surface area contributed by atoms with Crippen molar-refractivity contribution in [2.75, 3.05) is 12.3 Å². The molecular weight excluding hydrogens is 375 g/mol. The molecule has 0 unspecified atom stereocenters. The quantitative estimate of drug-likeness (QED) is 0.539. The van der Waals surface area contributed by atoms with Gasteiger partial charge in [0.1, 0.15) is 5.78 Å². The molecule has 1 saturated heterocycles. The van der Waals surface area contributed by atoms with Crippen molar-refractivity contribution in [1.29, 1.82) is 0 Å². The van der Waals surface area contributed by atoms with Crippen LogP contribution in [0.5, 0.6) is 0 Å². The van der Waals surface area contributed by atoms with Crippen LogP contribution in [0.4, 0.5) is 13.2 Å². The number of carbonyl (C=O) groups excluding carboxylic acids is 1. The van der Waals surface area contributed by atoms with Crippen LogP contribution in [-0.4, -0.2) is 50.1 Å². The van der Waals surface area contributed by atoms with E-state index in [1.165, 1.54) is 0 Å². The molecular formula is C16H24F3NO5S. The monoisotopic (exact) mass is 399 g/mol. The Morgan fingerprint density at radius 3 is 2.50 bits per heavy atom. The lowest BCUT2D eigenvalue weighted by Gasteiger charge is -2.36. The van der Waals surface area contributed by atoms with Crippen LogP contribution in [0.15, 0.2) is 0 Å². The summed E-state index contributed by atoms with van der Waals surface area (Å²) in [6.45, 7) is 3.12. The molecule has 2 N–H and O–H groups in total. The average molecular weight is 399 g/mol. The van der Waals surface area contributed by atoms with E-state index in [2.05, 4.69) is 5.32 Å². The van der Waals surface area contributed by atoms with Gasteiger partial charge in [-0.15, -0.1) is 0 Å². The second-order valence-corrected chi connectivity index (χ2v) is 9.89. The maximum atomic E-state index is 12.7. The van der Waals surface area contributed by atoms with Gasteiger partial charge < -0.3 is 10.4 Å². The molecule has 0 spiro atoms. The molecule has 6 nitrogen and oxygen atoms in total. The maximum Gasteiger partial charge on any atom is 0.393 e. The van der Waals surface area contributed by atoms with Crippen LogP contribution in [-0.2, 0) is 19.1 Å². The van der Waals surface area contributed by atoms with Gasteiger partial charge in [-0.1, -0.05) is 13.8 Å². The van der Waals surface area contributed by atoms with E-state index in [1.54, 1.807) is 13.8 Å². The van der Waals surface area contributed by atoms with Gasteiger partial charge >= 0.3 is 6.18 Å². The number of aliphatic hydroxyl groups excluding tert-OH is 1. The fourth-order valence-electron chi connectivity index (χ4n) is 4.88. The van der Waals surface area contributed by atoms with Crippen LogP contribution in [0.2, 0.25) is 0 Å².